The largest absolute Gasteiger partial charge is 0.349 e. The van der Waals surface area contributed by atoms with Crippen molar-refractivity contribution in [3.63, 3.8) is 0 Å². The topological polar surface area (TPSA) is 82.5 Å². The van der Waals surface area contributed by atoms with E-state index in [1.54, 1.807) is 0 Å². The molecule has 2 unspecified atom stereocenters. The van der Waals surface area contributed by atoms with Crippen molar-refractivity contribution in [3.8, 4) is 0 Å². The maximum atomic E-state index is 12.0. The van der Waals surface area contributed by atoms with Crippen LogP contribution in [-0.2, 0) is 20.6 Å². The number of nitrogens with one attached hydrogen (secondary N) is 1. The summed E-state index contributed by atoms with van der Waals surface area (Å²) in [5.74, 6) is -0.668. The van der Waals surface area contributed by atoms with E-state index in [-0.39, 0.29) is 23.9 Å². The van der Waals surface area contributed by atoms with E-state index in [9.17, 15) is 9.59 Å². The molecule has 0 saturated carbocycles. The van der Waals surface area contributed by atoms with Crippen molar-refractivity contribution < 1.29 is 14.2 Å². The van der Waals surface area contributed by atoms with E-state index in [1.165, 1.54) is 10.6 Å². The van der Waals surface area contributed by atoms with Crippen LogP contribution in [0.1, 0.15) is 25.8 Å². The summed E-state index contributed by atoms with van der Waals surface area (Å²) in [5, 5.41) is 0. The Balaban J connectivity index is 1.85. The van der Waals surface area contributed by atoms with Gasteiger partial charge in [-0.15, -0.1) is 0 Å². The van der Waals surface area contributed by atoms with Crippen LogP contribution in [0.25, 0.3) is 0 Å². The van der Waals surface area contributed by atoms with Gasteiger partial charge in [-0.05, 0) is 13.8 Å². The van der Waals surface area contributed by atoms with Crippen molar-refractivity contribution in [2.75, 3.05) is 0 Å². The highest BCUT2D eigenvalue weighted by Gasteiger charge is 2.58. The van der Waals surface area contributed by atoms with Crippen LogP contribution >= 0.6 is 0 Å². The van der Waals surface area contributed by atoms with Gasteiger partial charge in [0.15, 0.2) is 12.0 Å². The van der Waals surface area contributed by atoms with E-state index in [0.29, 0.717) is 12.1 Å². The first-order chi connectivity index (χ1) is 8.94. The molecule has 3 aliphatic rings. The Labute approximate surface area is 108 Å². The van der Waals surface area contributed by atoms with Crippen molar-refractivity contribution in [1.82, 2.24) is 9.55 Å². The number of hydrogen-bond donors (Lipinski definition) is 1. The van der Waals surface area contributed by atoms with E-state index in [4.69, 9.17) is 14.2 Å². The Hall–Kier alpha value is -1.44. The molecule has 4 atom stereocenters. The summed E-state index contributed by atoms with van der Waals surface area (Å²) in [6.07, 6.45) is -0.724. The molecule has 2 bridgehead atoms. The van der Waals surface area contributed by atoms with E-state index in [1.807, 2.05) is 13.8 Å². The predicted molar refractivity (Wildman–Crippen MR) is 62.8 cm³/mol. The third-order valence-corrected chi connectivity index (χ3v) is 3.85. The average molecular weight is 266 g/mol. The monoisotopic (exact) mass is 266 g/mol. The molecule has 0 aromatic carbocycles. The van der Waals surface area contributed by atoms with Crippen LogP contribution < -0.4 is 11.2 Å². The number of H-pyrrole nitrogens is 1. The first-order valence-electron chi connectivity index (χ1n) is 6.30. The van der Waals surface area contributed by atoms with Gasteiger partial charge in [-0.2, -0.15) is 0 Å². The summed E-state index contributed by atoms with van der Waals surface area (Å²) < 4.78 is 18.9. The molecule has 0 aliphatic carbocycles. The summed E-state index contributed by atoms with van der Waals surface area (Å²) in [4.78, 5) is 25.6. The van der Waals surface area contributed by atoms with Gasteiger partial charge in [-0.1, -0.05) is 0 Å². The lowest BCUT2D eigenvalue weighted by molar-refractivity contribution is -0.202. The second-order valence-corrected chi connectivity index (χ2v) is 5.63. The lowest BCUT2D eigenvalue weighted by Gasteiger charge is -2.29. The molecular weight excluding hydrogens is 252 g/mol. The van der Waals surface area contributed by atoms with Crippen molar-refractivity contribution >= 4 is 0 Å². The zero-order chi connectivity index (χ0) is 13.4. The molecule has 1 N–H and O–H groups in total. The highest BCUT2D eigenvalue weighted by Crippen LogP contribution is 2.45. The molecule has 0 spiro atoms. The standard InChI is InChI=1S/C12H14N2O5/c1-12(2)18-8-6-3-5-4-7(15)13-11(16)14(5)10(17-6)9(8)19-12/h4,6,8-10H,3H2,1-2H3,(H,13,15,16)/t6-,8?,9?,10-/m1/s1. The number of nitrogens with zero attached hydrogens (tertiary/aromatic N) is 1. The van der Waals surface area contributed by atoms with E-state index in [2.05, 4.69) is 4.98 Å². The molecule has 4 heterocycles. The Kier molecular flexibility index (Phi) is 2.01. The summed E-state index contributed by atoms with van der Waals surface area (Å²) in [5.41, 5.74) is -0.167. The first kappa shape index (κ1) is 11.4. The molecule has 0 radical (unpaired) electrons. The van der Waals surface area contributed by atoms with Gasteiger partial charge in [0.05, 0.1) is 6.10 Å². The smallest absolute Gasteiger partial charge is 0.330 e. The molecule has 7 heteroatoms. The van der Waals surface area contributed by atoms with Crippen LogP contribution in [0.3, 0.4) is 0 Å². The fourth-order valence-corrected chi connectivity index (χ4v) is 3.23. The minimum absolute atomic E-state index is 0.169. The number of aromatic amines is 1. The number of rotatable bonds is 0. The molecular formula is C12H14N2O5. The van der Waals surface area contributed by atoms with Gasteiger partial charge in [0.2, 0.25) is 0 Å². The highest BCUT2D eigenvalue weighted by atomic mass is 16.8. The van der Waals surface area contributed by atoms with E-state index in [0.717, 1.165) is 0 Å². The van der Waals surface area contributed by atoms with Crippen LogP contribution in [-0.4, -0.2) is 33.7 Å². The Morgan fingerprint density at radius 1 is 1.32 bits per heavy atom. The Morgan fingerprint density at radius 2 is 2.05 bits per heavy atom. The Bertz CT molecular complexity index is 661. The van der Waals surface area contributed by atoms with Crippen LogP contribution in [0.2, 0.25) is 0 Å². The molecule has 4 rings (SSSR count). The summed E-state index contributed by atoms with van der Waals surface area (Å²) in [6, 6.07) is 1.44. The van der Waals surface area contributed by atoms with E-state index < -0.39 is 17.7 Å². The predicted octanol–water partition coefficient (Wildman–Crippen LogP) is -0.490. The minimum Gasteiger partial charge on any atom is -0.349 e. The molecule has 1 aromatic rings. The molecule has 1 aromatic heterocycles. The lowest BCUT2D eigenvalue weighted by atomic mass is 10.1. The summed E-state index contributed by atoms with van der Waals surface area (Å²) in [6.45, 7) is 3.69. The SMILES string of the molecule is CC1(C)OC2C(O1)[C@H]1Cc3cc(=O)[nH]c(=O)n3[C@@H]2O1. The fraction of sp³-hybridized carbons (Fsp3) is 0.667. The third-order valence-electron chi connectivity index (χ3n) is 3.85. The zero-order valence-electron chi connectivity index (χ0n) is 10.6. The molecule has 19 heavy (non-hydrogen) atoms. The second-order valence-electron chi connectivity index (χ2n) is 5.63. The maximum absolute atomic E-state index is 12.0. The van der Waals surface area contributed by atoms with Gasteiger partial charge < -0.3 is 14.2 Å². The first-order valence-corrected chi connectivity index (χ1v) is 6.30. The zero-order valence-corrected chi connectivity index (χ0v) is 10.6. The summed E-state index contributed by atoms with van der Waals surface area (Å²) >= 11 is 0. The van der Waals surface area contributed by atoms with Crippen LogP contribution in [0.15, 0.2) is 15.7 Å². The molecule has 2 fully saturated rings. The molecule has 0 amide bonds. The fourth-order valence-electron chi connectivity index (χ4n) is 3.23. The molecule has 102 valence electrons. The molecule has 7 nitrogen and oxygen atoms in total. The number of hydrogen-bond acceptors (Lipinski definition) is 5. The van der Waals surface area contributed by atoms with Gasteiger partial charge in [0.25, 0.3) is 5.56 Å². The van der Waals surface area contributed by atoms with Crippen LogP contribution in [0.4, 0.5) is 0 Å². The van der Waals surface area contributed by atoms with Crippen LogP contribution in [0.5, 0.6) is 0 Å². The minimum atomic E-state index is -0.668. The second kappa shape index (κ2) is 3.36. The maximum Gasteiger partial charge on any atom is 0.330 e. The summed E-state index contributed by atoms with van der Waals surface area (Å²) in [7, 11) is 0. The van der Waals surface area contributed by atoms with Crippen molar-refractivity contribution in [3.05, 3.63) is 32.6 Å². The normalized spacial score (nSPS) is 38.0. The quantitative estimate of drug-likeness (QED) is 0.685. The highest BCUT2D eigenvalue weighted by molar-refractivity contribution is 5.13. The van der Waals surface area contributed by atoms with Crippen molar-refractivity contribution in [2.24, 2.45) is 0 Å². The van der Waals surface area contributed by atoms with Crippen molar-refractivity contribution in [2.45, 2.75) is 50.6 Å². The molecule has 3 aliphatic heterocycles. The van der Waals surface area contributed by atoms with Gasteiger partial charge >= 0.3 is 5.69 Å². The van der Waals surface area contributed by atoms with Gasteiger partial charge in [0, 0.05) is 18.2 Å². The number of ether oxygens (including phenoxy) is 3. The Morgan fingerprint density at radius 3 is 2.84 bits per heavy atom. The van der Waals surface area contributed by atoms with Crippen molar-refractivity contribution in [1.29, 1.82) is 0 Å². The lowest BCUT2D eigenvalue weighted by Crippen LogP contribution is -2.41. The third kappa shape index (κ3) is 1.49. The molecule has 2 saturated heterocycles. The van der Waals surface area contributed by atoms with Gasteiger partial charge in [-0.3, -0.25) is 14.3 Å². The van der Waals surface area contributed by atoms with Crippen LogP contribution in [0, 0.1) is 0 Å². The number of aromatic nitrogens is 2. The van der Waals surface area contributed by atoms with Gasteiger partial charge in [-0.25, -0.2) is 4.79 Å². The van der Waals surface area contributed by atoms with Gasteiger partial charge in [0.1, 0.15) is 12.2 Å². The number of fused-ring (bicyclic) bond motifs is 7. The average Bonchev–Trinajstić information content (AvgIpc) is 2.73. The van der Waals surface area contributed by atoms with E-state index >= 15 is 0 Å².